The quantitative estimate of drug-likeness (QED) is 0.0428. The Morgan fingerprint density at radius 2 is 0.792 bits per heavy atom. The van der Waals surface area contributed by atoms with Crippen LogP contribution in [0.2, 0.25) is 0 Å². The Morgan fingerprint density at radius 3 is 1.17 bits per heavy atom. The van der Waals surface area contributed by atoms with Crippen molar-refractivity contribution in [1.29, 1.82) is 0 Å². The SMILES string of the molecule is O=C(NCCSC(c1ccccc1)(c1ccccc1)c1ccccc1)[C@H](CSC(c1ccccc1)(c1ccccc1)c1ccccc1)N(C(=O)CCS)c1cccc(C(c2ccccc2)c2ccccc2)c1. The highest BCUT2D eigenvalue weighted by Crippen LogP contribution is 2.50. The van der Waals surface area contributed by atoms with Crippen molar-refractivity contribution in [1.82, 2.24) is 5.32 Å². The molecular formula is C65H58N2O2S3. The first-order chi connectivity index (χ1) is 35.5. The molecule has 9 rings (SSSR count). The summed E-state index contributed by atoms with van der Waals surface area (Å²) in [4.78, 5) is 32.5. The summed E-state index contributed by atoms with van der Waals surface area (Å²) in [6, 6.07) is 91.6. The molecule has 0 unspecified atom stereocenters. The van der Waals surface area contributed by atoms with Crippen LogP contribution in [0, 0.1) is 0 Å². The second kappa shape index (κ2) is 24.4. The molecule has 0 heterocycles. The van der Waals surface area contributed by atoms with Crippen molar-refractivity contribution in [2.45, 2.75) is 27.9 Å². The molecule has 0 fully saturated rings. The number of thioether (sulfide) groups is 2. The summed E-state index contributed by atoms with van der Waals surface area (Å²) in [5.41, 5.74) is 10.6. The van der Waals surface area contributed by atoms with Crippen molar-refractivity contribution in [2.75, 3.05) is 28.7 Å². The van der Waals surface area contributed by atoms with Gasteiger partial charge in [-0.25, -0.2) is 0 Å². The van der Waals surface area contributed by atoms with Crippen LogP contribution >= 0.6 is 36.2 Å². The number of anilines is 1. The lowest BCUT2D eigenvalue weighted by Gasteiger charge is -2.38. The zero-order valence-corrected chi connectivity index (χ0v) is 42.6. The maximum absolute atomic E-state index is 15.6. The van der Waals surface area contributed by atoms with Crippen molar-refractivity contribution < 1.29 is 9.59 Å². The third-order valence-electron chi connectivity index (χ3n) is 13.2. The predicted octanol–water partition coefficient (Wildman–Crippen LogP) is 14.5. The minimum atomic E-state index is -0.924. The molecule has 0 aliphatic carbocycles. The van der Waals surface area contributed by atoms with Crippen LogP contribution in [-0.4, -0.2) is 41.7 Å². The number of hydrogen-bond acceptors (Lipinski definition) is 5. The van der Waals surface area contributed by atoms with Gasteiger partial charge in [0.25, 0.3) is 0 Å². The number of rotatable bonds is 21. The number of thiol groups is 1. The van der Waals surface area contributed by atoms with Gasteiger partial charge in [-0.3, -0.25) is 14.5 Å². The van der Waals surface area contributed by atoms with Crippen LogP contribution < -0.4 is 10.2 Å². The summed E-state index contributed by atoms with van der Waals surface area (Å²) in [5.74, 6) is 0.664. The minimum absolute atomic E-state index is 0.117. The van der Waals surface area contributed by atoms with Crippen molar-refractivity contribution >= 4 is 53.7 Å². The van der Waals surface area contributed by atoms with Crippen molar-refractivity contribution in [2.24, 2.45) is 0 Å². The third kappa shape index (κ3) is 11.0. The molecule has 1 N–H and O–H groups in total. The summed E-state index contributed by atoms with van der Waals surface area (Å²) in [6.45, 7) is 0.360. The highest BCUT2D eigenvalue weighted by molar-refractivity contribution is 8.01. The Morgan fingerprint density at radius 1 is 0.444 bits per heavy atom. The van der Waals surface area contributed by atoms with E-state index in [1.54, 1.807) is 28.4 Å². The molecule has 2 amide bonds. The molecule has 0 aromatic heterocycles. The van der Waals surface area contributed by atoms with Crippen LogP contribution in [0.1, 0.15) is 62.4 Å². The molecule has 0 bridgehead atoms. The largest absolute Gasteiger partial charge is 0.353 e. The minimum Gasteiger partial charge on any atom is -0.353 e. The maximum atomic E-state index is 15.6. The average Bonchev–Trinajstić information content (AvgIpc) is 3.45. The number of amides is 2. The molecule has 0 radical (unpaired) electrons. The molecule has 0 aliphatic rings. The summed E-state index contributed by atoms with van der Waals surface area (Å²) in [5, 5.41) is 3.42. The Labute approximate surface area is 439 Å². The van der Waals surface area contributed by atoms with Crippen molar-refractivity contribution in [3.63, 3.8) is 0 Å². The maximum Gasteiger partial charge on any atom is 0.244 e. The van der Waals surface area contributed by atoms with Crippen molar-refractivity contribution in [3.05, 3.63) is 317 Å². The topological polar surface area (TPSA) is 49.4 Å². The zero-order valence-electron chi connectivity index (χ0n) is 40.1. The third-order valence-corrected chi connectivity index (χ3v) is 16.6. The number of carbonyl (C=O) groups is 2. The van der Waals surface area contributed by atoms with Crippen LogP contribution in [-0.2, 0) is 19.1 Å². The number of hydrogen-bond donors (Lipinski definition) is 2. The molecule has 0 saturated heterocycles. The first-order valence-electron chi connectivity index (χ1n) is 24.5. The van der Waals surface area contributed by atoms with E-state index in [1.807, 2.05) is 42.5 Å². The van der Waals surface area contributed by atoms with Gasteiger partial charge < -0.3 is 5.32 Å². The number of carbonyl (C=O) groups excluding carboxylic acids is 2. The van der Waals surface area contributed by atoms with Gasteiger partial charge in [-0.15, -0.1) is 23.5 Å². The second-order valence-corrected chi connectivity index (χ2v) is 20.6. The van der Waals surface area contributed by atoms with Crippen LogP contribution in [0.25, 0.3) is 0 Å². The summed E-state index contributed by atoms with van der Waals surface area (Å²) < 4.78 is -1.31. The first kappa shape index (κ1) is 49.9. The molecule has 7 heteroatoms. The molecule has 4 nitrogen and oxygen atoms in total. The lowest BCUT2D eigenvalue weighted by atomic mass is 9.84. The highest BCUT2D eigenvalue weighted by atomic mass is 32.2. The van der Waals surface area contributed by atoms with E-state index in [0.717, 1.165) is 50.1 Å². The molecule has 9 aromatic carbocycles. The van der Waals surface area contributed by atoms with Crippen LogP contribution in [0.3, 0.4) is 0 Å². The van der Waals surface area contributed by atoms with Gasteiger partial charge in [-0.1, -0.05) is 255 Å². The van der Waals surface area contributed by atoms with Gasteiger partial charge in [0.15, 0.2) is 0 Å². The smallest absolute Gasteiger partial charge is 0.244 e. The lowest BCUT2D eigenvalue weighted by molar-refractivity contribution is -0.125. The lowest BCUT2D eigenvalue weighted by Crippen LogP contribution is -2.52. The fraction of sp³-hybridized carbons (Fsp3) is 0.138. The normalized spacial score (nSPS) is 12.0. The standard InChI is InChI=1S/C65H58N2O2S3/c68-61(44-46-70)67(59-43-25-30-52(48-59)62(50-26-9-1-10-27-50)51-28-11-2-12-29-51)60(49-72-65(56-37-19-6-20-38-56,57-39-21-7-22-40-57)58-41-23-8-24-42-58)63(69)66-45-47-71-64(53-31-13-3-14-32-53,54-33-15-4-16-34-54)55-35-17-5-18-36-55/h1-43,48,60,62,70H,44-47,49H2,(H,66,69)/t60-/m0/s1. The van der Waals surface area contributed by atoms with E-state index in [4.69, 9.17) is 0 Å². The van der Waals surface area contributed by atoms with Gasteiger partial charge in [-0.2, -0.15) is 12.6 Å². The molecule has 0 saturated carbocycles. The van der Waals surface area contributed by atoms with E-state index in [2.05, 4.69) is 242 Å². The van der Waals surface area contributed by atoms with E-state index >= 15 is 9.59 Å². The fourth-order valence-electron chi connectivity index (χ4n) is 9.94. The summed E-state index contributed by atoms with van der Waals surface area (Å²) in [6.07, 6.45) is 0.146. The Balaban J connectivity index is 1.13. The van der Waals surface area contributed by atoms with Gasteiger partial charge >= 0.3 is 0 Å². The van der Waals surface area contributed by atoms with Gasteiger partial charge in [0.05, 0.1) is 9.49 Å². The number of nitrogens with one attached hydrogen (secondary N) is 1. The highest BCUT2D eigenvalue weighted by Gasteiger charge is 2.41. The average molecular weight is 995 g/mol. The van der Waals surface area contributed by atoms with Gasteiger partial charge in [0.2, 0.25) is 11.8 Å². The molecule has 9 aromatic rings. The second-order valence-electron chi connectivity index (χ2n) is 17.6. The molecular weight excluding hydrogens is 937 g/mol. The van der Waals surface area contributed by atoms with Gasteiger partial charge in [0.1, 0.15) is 6.04 Å². The monoisotopic (exact) mass is 994 g/mol. The van der Waals surface area contributed by atoms with E-state index < -0.39 is 15.5 Å². The van der Waals surface area contributed by atoms with Gasteiger partial charge in [0, 0.05) is 36.1 Å². The summed E-state index contributed by atoms with van der Waals surface area (Å²) in [7, 11) is 0. The summed E-state index contributed by atoms with van der Waals surface area (Å²) >= 11 is 8.09. The number of benzene rings is 9. The van der Waals surface area contributed by atoms with E-state index in [0.29, 0.717) is 23.7 Å². The Bertz CT molecular complexity index is 2840. The molecule has 0 spiro atoms. The van der Waals surface area contributed by atoms with E-state index in [-0.39, 0.29) is 29.9 Å². The molecule has 358 valence electrons. The fourth-order valence-corrected chi connectivity index (χ4v) is 13.2. The van der Waals surface area contributed by atoms with E-state index in [9.17, 15) is 0 Å². The first-order valence-corrected chi connectivity index (χ1v) is 27.1. The van der Waals surface area contributed by atoms with E-state index in [1.165, 1.54) is 0 Å². The Kier molecular flexibility index (Phi) is 16.9. The number of nitrogens with zero attached hydrogens (tertiary/aromatic N) is 1. The molecule has 0 aliphatic heterocycles. The van der Waals surface area contributed by atoms with Crippen LogP contribution in [0.5, 0.6) is 0 Å². The van der Waals surface area contributed by atoms with Gasteiger partial charge in [-0.05, 0) is 68.0 Å². The van der Waals surface area contributed by atoms with Crippen molar-refractivity contribution in [3.8, 4) is 0 Å². The van der Waals surface area contributed by atoms with Crippen LogP contribution in [0.15, 0.2) is 267 Å². The molecule has 72 heavy (non-hydrogen) atoms. The van der Waals surface area contributed by atoms with Crippen LogP contribution in [0.4, 0.5) is 5.69 Å². The Hall–Kier alpha value is -7.03. The predicted molar refractivity (Wildman–Crippen MR) is 306 cm³/mol. The zero-order chi connectivity index (χ0) is 49.4. The molecule has 1 atom stereocenters.